The third-order valence-corrected chi connectivity index (χ3v) is 6.70. The summed E-state index contributed by atoms with van der Waals surface area (Å²) >= 11 is 0. The zero-order chi connectivity index (χ0) is 24.3. The second kappa shape index (κ2) is 13.9. The molecular weight excluding hydrogens is 402 g/mol. The van der Waals surface area contributed by atoms with Crippen molar-refractivity contribution in [2.45, 2.75) is 129 Å². The number of nitrogens with two attached hydrogens (primary N) is 1. The molecule has 5 heteroatoms. The molecule has 0 aliphatic heterocycles. The molecule has 0 aromatic heterocycles. The molecule has 5 N–H and O–H groups in total. The predicted octanol–water partition coefficient (Wildman–Crippen LogP) is 6.53. The Labute approximate surface area is 196 Å². The fourth-order valence-corrected chi connectivity index (χ4v) is 4.75. The van der Waals surface area contributed by atoms with Crippen LogP contribution in [0.15, 0.2) is 12.1 Å². The number of aliphatic hydroxyl groups excluding tert-OH is 2. The average molecular weight is 452 g/mol. The van der Waals surface area contributed by atoms with E-state index in [2.05, 4.69) is 13.8 Å². The van der Waals surface area contributed by atoms with Crippen LogP contribution in [0.1, 0.15) is 117 Å². The van der Waals surface area contributed by atoms with Gasteiger partial charge in [-0.2, -0.15) is 0 Å². The van der Waals surface area contributed by atoms with Crippen molar-refractivity contribution in [2.75, 3.05) is 5.73 Å². The maximum atomic E-state index is 10.7. The lowest BCUT2D eigenvalue weighted by molar-refractivity contribution is 0.0739. The Balaban J connectivity index is 0.00000121. The van der Waals surface area contributed by atoms with Gasteiger partial charge in [0.1, 0.15) is 22.8 Å². The number of hydrogen-bond donors (Lipinski definition) is 4. The molecule has 0 unspecified atom stereocenters. The highest BCUT2D eigenvalue weighted by atomic mass is 16.5. The lowest BCUT2D eigenvalue weighted by atomic mass is 9.82. The van der Waals surface area contributed by atoms with Crippen LogP contribution >= 0.6 is 0 Å². The van der Waals surface area contributed by atoms with Gasteiger partial charge in [0.05, 0.1) is 12.2 Å². The molecule has 0 amide bonds. The monoisotopic (exact) mass is 451 g/mol. The van der Waals surface area contributed by atoms with E-state index < -0.39 is 0 Å². The molecule has 32 heavy (non-hydrogen) atoms. The molecule has 2 saturated carbocycles. The van der Waals surface area contributed by atoms with Crippen LogP contribution in [0.5, 0.6) is 11.5 Å². The van der Waals surface area contributed by atoms with E-state index in [1.54, 1.807) is 0 Å². The van der Waals surface area contributed by atoms with Gasteiger partial charge in [0.2, 0.25) is 0 Å². The average Bonchev–Trinajstić information content (AvgIpc) is 2.80. The van der Waals surface area contributed by atoms with Crippen molar-refractivity contribution in [2.24, 2.45) is 5.92 Å². The van der Waals surface area contributed by atoms with Crippen LogP contribution in [0.2, 0.25) is 0 Å². The first-order valence-corrected chi connectivity index (χ1v) is 12.9. The summed E-state index contributed by atoms with van der Waals surface area (Å²) in [4.78, 5) is 0. The van der Waals surface area contributed by atoms with E-state index in [0.717, 1.165) is 69.8 Å². The van der Waals surface area contributed by atoms with Crippen LogP contribution in [0.25, 0.3) is 0 Å². The van der Waals surface area contributed by atoms with Gasteiger partial charge < -0.3 is 25.8 Å². The second-order valence-electron chi connectivity index (χ2n) is 9.50. The number of phenolic OH excluding ortho intramolecular Hbond substituents is 1. The Morgan fingerprint density at radius 1 is 0.875 bits per heavy atom. The fraction of sp³-hybridized carbons (Fsp3) is 0.778. The number of aliphatic hydroxyl groups is 2. The largest absolute Gasteiger partial charge is 0.505 e. The Kier molecular flexibility index (Phi) is 12.5. The summed E-state index contributed by atoms with van der Waals surface area (Å²) in [6, 6.07) is 3.82. The summed E-state index contributed by atoms with van der Waals surface area (Å²) in [6.45, 7) is 12.1. The minimum Gasteiger partial charge on any atom is -0.505 e. The highest BCUT2D eigenvalue weighted by Gasteiger charge is 2.28. The first-order valence-electron chi connectivity index (χ1n) is 12.9. The Morgan fingerprint density at radius 3 is 1.91 bits per heavy atom. The van der Waals surface area contributed by atoms with Crippen LogP contribution in [0.4, 0.5) is 5.69 Å². The normalized spacial score (nSPS) is 25.6. The number of ether oxygens (including phenoxy) is 1. The lowest BCUT2D eigenvalue weighted by Gasteiger charge is -2.32. The Bertz CT molecular complexity index is 645. The number of rotatable bonds is 6. The van der Waals surface area contributed by atoms with Crippen LogP contribution in [-0.4, -0.2) is 33.1 Å². The maximum absolute atomic E-state index is 10.7. The molecule has 0 heterocycles. The Hall–Kier alpha value is -1.46. The molecule has 2 aliphatic carbocycles. The molecule has 0 bridgehead atoms. The first kappa shape index (κ1) is 28.6. The number of hydrogen-bond acceptors (Lipinski definition) is 5. The van der Waals surface area contributed by atoms with Gasteiger partial charge in [-0.3, -0.25) is 0 Å². The van der Waals surface area contributed by atoms with Crippen LogP contribution in [-0.2, 0) is 0 Å². The molecule has 0 atom stereocenters. The number of benzene rings is 1. The molecule has 186 valence electrons. The van der Waals surface area contributed by atoms with E-state index >= 15 is 0 Å². The van der Waals surface area contributed by atoms with E-state index in [1.807, 2.05) is 39.8 Å². The summed E-state index contributed by atoms with van der Waals surface area (Å²) in [5.41, 5.74) is 7.05. The zero-order valence-corrected chi connectivity index (χ0v) is 21.4. The lowest BCUT2D eigenvalue weighted by Crippen LogP contribution is -2.30. The van der Waals surface area contributed by atoms with Crippen molar-refractivity contribution in [1.29, 1.82) is 0 Å². The summed E-state index contributed by atoms with van der Waals surface area (Å²) in [6.07, 6.45) is 8.94. The van der Waals surface area contributed by atoms with E-state index in [0.29, 0.717) is 17.4 Å². The molecule has 0 spiro atoms. The number of aromatic hydroxyl groups is 1. The summed E-state index contributed by atoms with van der Waals surface area (Å²) in [7, 11) is 0. The molecule has 1 aromatic carbocycles. The molecule has 0 radical (unpaired) electrons. The minimum atomic E-state index is -0.368. The van der Waals surface area contributed by atoms with Gasteiger partial charge in [0.25, 0.3) is 0 Å². The molecule has 2 aliphatic rings. The smallest absolute Gasteiger partial charge is 0.146 e. The number of nitrogen functional groups attached to an aromatic ring is 1. The molecular formula is C27H49NO4. The van der Waals surface area contributed by atoms with Gasteiger partial charge >= 0.3 is 0 Å². The SMILES string of the molecule is CC.CC.CC(C)(CCC1CCC(O)CC1)Oc1ccc(C2CCC(O)CC2)c(O)c1N. The minimum absolute atomic E-state index is 0.116. The zero-order valence-electron chi connectivity index (χ0n) is 21.4. The second-order valence-corrected chi connectivity index (χ2v) is 9.50. The maximum Gasteiger partial charge on any atom is 0.146 e. The van der Waals surface area contributed by atoms with E-state index in [1.165, 1.54) is 0 Å². The van der Waals surface area contributed by atoms with E-state index in [9.17, 15) is 15.3 Å². The van der Waals surface area contributed by atoms with Gasteiger partial charge in [-0.25, -0.2) is 0 Å². The van der Waals surface area contributed by atoms with Crippen molar-refractivity contribution in [3.05, 3.63) is 17.7 Å². The van der Waals surface area contributed by atoms with Crippen LogP contribution < -0.4 is 10.5 Å². The summed E-state index contributed by atoms with van der Waals surface area (Å²) in [5.74, 6) is 1.58. The standard InChI is InChI=1S/C23H37NO4.2C2H6/c1-23(2,14-13-15-3-7-17(25)8-4-15)28-20-12-11-19(22(27)21(20)24)16-5-9-18(26)10-6-16;2*1-2/h11-12,15-18,25-27H,3-10,13-14,24H2,1-2H3;2*1-2H3. The van der Waals surface area contributed by atoms with Crippen molar-refractivity contribution in [3.63, 3.8) is 0 Å². The van der Waals surface area contributed by atoms with E-state index in [-0.39, 0.29) is 29.5 Å². The fourth-order valence-electron chi connectivity index (χ4n) is 4.75. The molecule has 5 nitrogen and oxygen atoms in total. The molecule has 3 rings (SSSR count). The summed E-state index contributed by atoms with van der Waals surface area (Å²) in [5, 5.41) is 30.0. The number of phenols is 1. The van der Waals surface area contributed by atoms with Gasteiger partial charge in [0, 0.05) is 0 Å². The quantitative estimate of drug-likeness (QED) is 0.291. The Morgan fingerprint density at radius 2 is 1.38 bits per heavy atom. The third-order valence-electron chi connectivity index (χ3n) is 6.70. The van der Waals surface area contributed by atoms with Crippen LogP contribution in [0, 0.1) is 5.92 Å². The van der Waals surface area contributed by atoms with Crippen molar-refractivity contribution >= 4 is 5.69 Å². The summed E-state index contributed by atoms with van der Waals surface area (Å²) < 4.78 is 6.21. The highest BCUT2D eigenvalue weighted by molar-refractivity contribution is 5.66. The van der Waals surface area contributed by atoms with Gasteiger partial charge in [-0.15, -0.1) is 0 Å². The van der Waals surface area contributed by atoms with E-state index in [4.69, 9.17) is 10.5 Å². The van der Waals surface area contributed by atoms with Gasteiger partial charge in [-0.05, 0) is 102 Å². The van der Waals surface area contributed by atoms with Crippen molar-refractivity contribution < 1.29 is 20.1 Å². The van der Waals surface area contributed by atoms with Crippen LogP contribution in [0.3, 0.4) is 0 Å². The van der Waals surface area contributed by atoms with Gasteiger partial charge in [0.15, 0.2) is 0 Å². The molecule has 1 aromatic rings. The van der Waals surface area contributed by atoms with Crippen molar-refractivity contribution in [3.8, 4) is 11.5 Å². The molecule has 0 saturated heterocycles. The predicted molar refractivity (Wildman–Crippen MR) is 134 cm³/mol. The van der Waals surface area contributed by atoms with Gasteiger partial charge in [-0.1, -0.05) is 33.8 Å². The van der Waals surface area contributed by atoms with Crippen molar-refractivity contribution in [1.82, 2.24) is 0 Å². The highest BCUT2D eigenvalue weighted by Crippen LogP contribution is 2.44. The topological polar surface area (TPSA) is 95.9 Å². The number of anilines is 1. The molecule has 2 fully saturated rings. The first-order chi connectivity index (χ1) is 15.2. The third kappa shape index (κ3) is 8.47.